The van der Waals surface area contributed by atoms with Crippen molar-refractivity contribution in [2.45, 2.75) is 13.3 Å². The molecule has 0 saturated heterocycles. The highest BCUT2D eigenvalue weighted by Gasteiger charge is 2.15. The van der Waals surface area contributed by atoms with E-state index >= 15 is 0 Å². The van der Waals surface area contributed by atoms with E-state index in [-0.39, 0.29) is 5.78 Å². The van der Waals surface area contributed by atoms with Gasteiger partial charge in [0.2, 0.25) is 0 Å². The van der Waals surface area contributed by atoms with Crippen molar-refractivity contribution in [3.63, 3.8) is 0 Å². The van der Waals surface area contributed by atoms with E-state index in [0.29, 0.717) is 6.42 Å². The molecule has 0 aliphatic heterocycles. The molecule has 19 heavy (non-hydrogen) atoms. The second-order valence-corrected chi connectivity index (χ2v) is 5.69. The Balaban J connectivity index is 1.96. The van der Waals surface area contributed by atoms with Gasteiger partial charge in [-0.05, 0) is 29.5 Å². The maximum atomic E-state index is 12.4. The number of fused-ring (bicyclic) bond motifs is 1. The first-order valence-electron chi connectivity index (χ1n) is 6.31. The highest BCUT2D eigenvalue weighted by molar-refractivity contribution is 7.21. The van der Waals surface area contributed by atoms with Crippen molar-refractivity contribution in [3.8, 4) is 0 Å². The highest BCUT2D eigenvalue weighted by Crippen LogP contribution is 2.31. The van der Waals surface area contributed by atoms with Crippen molar-refractivity contribution in [2.75, 3.05) is 0 Å². The third-order valence-electron chi connectivity index (χ3n) is 3.30. The topological polar surface area (TPSA) is 17.1 Å². The Morgan fingerprint density at radius 3 is 2.42 bits per heavy atom. The zero-order valence-corrected chi connectivity index (χ0v) is 11.5. The summed E-state index contributed by atoms with van der Waals surface area (Å²) in [5.41, 5.74) is 2.19. The molecule has 0 unspecified atom stereocenters. The monoisotopic (exact) mass is 266 g/mol. The molecule has 94 valence electrons. The molecule has 0 fully saturated rings. The second-order valence-electron chi connectivity index (χ2n) is 4.64. The predicted molar refractivity (Wildman–Crippen MR) is 81.0 cm³/mol. The molecule has 0 saturated carbocycles. The molecule has 1 aromatic heterocycles. The zero-order valence-electron chi connectivity index (χ0n) is 10.7. The summed E-state index contributed by atoms with van der Waals surface area (Å²) in [6, 6.07) is 18.1. The number of hydrogen-bond acceptors (Lipinski definition) is 2. The van der Waals surface area contributed by atoms with Gasteiger partial charge < -0.3 is 0 Å². The molecule has 2 aromatic carbocycles. The van der Waals surface area contributed by atoms with Gasteiger partial charge in [-0.25, -0.2) is 0 Å². The van der Waals surface area contributed by atoms with Crippen LogP contribution in [0.1, 0.15) is 20.8 Å². The average Bonchev–Trinajstić information content (AvgIpc) is 2.78. The highest BCUT2D eigenvalue weighted by atomic mass is 32.1. The first-order valence-corrected chi connectivity index (χ1v) is 7.12. The molecule has 2 heteroatoms. The normalized spacial score (nSPS) is 10.8. The number of carbonyl (C=O) groups excluding carboxylic acids is 1. The van der Waals surface area contributed by atoms with Gasteiger partial charge in [0.1, 0.15) is 0 Å². The largest absolute Gasteiger partial charge is 0.293 e. The fourth-order valence-electron chi connectivity index (χ4n) is 2.30. The molecule has 3 aromatic rings. The number of carbonyl (C=O) groups is 1. The van der Waals surface area contributed by atoms with Gasteiger partial charge in [0.25, 0.3) is 0 Å². The van der Waals surface area contributed by atoms with Crippen LogP contribution in [0.2, 0.25) is 0 Å². The van der Waals surface area contributed by atoms with Crippen molar-refractivity contribution >= 4 is 27.2 Å². The van der Waals surface area contributed by atoms with Crippen LogP contribution >= 0.6 is 11.3 Å². The van der Waals surface area contributed by atoms with Crippen molar-refractivity contribution < 1.29 is 4.79 Å². The van der Waals surface area contributed by atoms with Crippen LogP contribution < -0.4 is 0 Å². The van der Waals surface area contributed by atoms with Crippen LogP contribution in [0.25, 0.3) is 10.1 Å². The number of rotatable bonds is 3. The maximum Gasteiger partial charge on any atom is 0.177 e. The number of aryl methyl sites for hydroxylation is 1. The summed E-state index contributed by atoms with van der Waals surface area (Å²) in [4.78, 5) is 13.3. The van der Waals surface area contributed by atoms with Crippen LogP contribution in [0.4, 0.5) is 0 Å². The summed E-state index contributed by atoms with van der Waals surface area (Å²) in [7, 11) is 0. The Bertz CT molecular complexity index is 725. The van der Waals surface area contributed by atoms with Crippen molar-refractivity contribution in [3.05, 3.63) is 70.6 Å². The van der Waals surface area contributed by atoms with Crippen LogP contribution in [-0.2, 0) is 6.42 Å². The summed E-state index contributed by atoms with van der Waals surface area (Å²) >= 11 is 1.60. The van der Waals surface area contributed by atoms with Gasteiger partial charge in [-0.15, -0.1) is 11.3 Å². The molecule has 0 radical (unpaired) electrons. The Morgan fingerprint density at radius 1 is 1.00 bits per heavy atom. The summed E-state index contributed by atoms with van der Waals surface area (Å²) in [5.74, 6) is 0.213. The lowest BCUT2D eigenvalue weighted by Gasteiger charge is -2.00. The van der Waals surface area contributed by atoms with Gasteiger partial charge in [0, 0.05) is 11.1 Å². The summed E-state index contributed by atoms with van der Waals surface area (Å²) in [5, 5.41) is 1.20. The Kier molecular flexibility index (Phi) is 3.18. The van der Waals surface area contributed by atoms with Crippen LogP contribution in [0, 0.1) is 6.92 Å². The smallest absolute Gasteiger partial charge is 0.177 e. The molecular formula is C17H14OS. The van der Waals surface area contributed by atoms with E-state index < -0.39 is 0 Å². The van der Waals surface area contributed by atoms with E-state index in [0.717, 1.165) is 16.0 Å². The standard InChI is InChI=1S/C17H14OS/c1-12-14-9-5-6-10-16(14)19-17(12)15(18)11-13-7-3-2-4-8-13/h2-10H,11H2,1H3. The van der Waals surface area contributed by atoms with Gasteiger partial charge in [0.05, 0.1) is 4.88 Å². The van der Waals surface area contributed by atoms with Gasteiger partial charge in [-0.2, -0.15) is 0 Å². The van der Waals surface area contributed by atoms with Gasteiger partial charge in [0.15, 0.2) is 5.78 Å². The summed E-state index contributed by atoms with van der Waals surface area (Å²) in [6.07, 6.45) is 0.481. The average molecular weight is 266 g/mol. The first-order chi connectivity index (χ1) is 9.25. The molecule has 0 spiro atoms. The summed E-state index contributed by atoms with van der Waals surface area (Å²) < 4.78 is 1.19. The molecule has 0 bridgehead atoms. The minimum absolute atomic E-state index is 0.213. The first kappa shape index (κ1) is 12.1. The van der Waals surface area contributed by atoms with E-state index in [9.17, 15) is 4.79 Å². The van der Waals surface area contributed by atoms with E-state index in [2.05, 4.69) is 12.1 Å². The molecule has 0 aliphatic carbocycles. The number of Topliss-reactive ketones (excluding diaryl/α,β-unsaturated/α-hetero) is 1. The molecule has 0 amide bonds. The van der Waals surface area contributed by atoms with Crippen molar-refractivity contribution in [1.82, 2.24) is 0 Å². The number of thiophene rings is 1. The lowest BCUT2D eigenvalue weighted by atomic mass is 10.0. The molecule has 0 N–H and O–H groups in total. The number of benzene rings is 2. The van der Waals surface area contributed by atoms with Gasteiger partial charge >= 0.3 is 0 Å². The molecule has 1 heterocycles. The second kappa shape index (κ2) is 4.98. The summed E-state index contributed by atoms with van der Waals surface area (Å²) in [6.45, 7) is 2.04. The molecule has 1 nitrogen and oxygen atoms in total. The zero-order chi connectivity index (χ0) is 13.2. The SMILES string of the molecule is Cc1c(C(=O)Cc2ccccc2)sc2ccccc12. The fourth-order valence-corrected chi connectivity index (χ4v) is 3.45. The predicted octanol–water partition coefficient (Wildman–Crippen LogP) is 4.64. The molecular weight excluding hydrogens is 252 g/mol. The van der Waals surface area contributed by atoms with Crippen LogP contribution in [0.5, 0.6) is 0 Å². The number of hydrogen-bond donors (Lipinski definition) is 0. The third-order valence-corrected chi connectivity index (χ3v) is 4.62. The van der Waals surface area contributed by atoms with Gasteiger partial charge in [-0.1, -0.05) is 48.5 Å². The number of ketones is 1. The maximum absolute atomic E-state index is 12.4. The lowest BCUT2D eigenvalue weighted by molar-refractivity contribution is 0.0996. The van der Waals surface area contributed by atoms with Crippen molar-refractivity contribution in [2.24, 2.45) is 0 Å². The fraction of sp³-hybridized carbons (Fsp3) is 0.118. The third kappa shape index (κ3) is 2.32. The Labute approximate surface area is 116 Å². The van der Waals surface area contributed by atoms with Gasteiger partial charge in [-0.3, -0.25) is 4.79 Å². The van der Waals surface area contributed by atoms with E-state index in [1.165, 1.54) is 10.1 Å². The molecule has 0 atom stereocenters. The lowest BCUT2D eigenvalue weighted by Crippen LogP contribution is -2.02. The van der Waals surface area contributed by atoms with E-state index in [4.69, 9.17) is 0 Å². The van der Waals surface area contributed by atoms with E-state index in [1.807, 2.05) is 49.4 Å². The van der Waals surface area contributed by atoms with Crippen LogP contribution in [0.3, 0.4) is 0 Å². The minimum Gasteiger partial charge on any atom is -0.293 e. The van der Waals surface area contributed by atoms with Crippen LogP contribution in [0.15, 0.2) is 54.6 Å². The Hall–Kier alpha value is -1.93. The van der Waals surface area contributed by atoms with E-state index in [1.54, 1.807) is 11.3 Å². The quantitative estimate of drug-likeness (QED) is 0.631. The Morgan fingerprint density at radius 2 is 1.68 bits per heavy atom. The molecule has 3 rings (SSSR count). The minimum atomic E-state index is 0.213. The molecule has 0 aliphatic rings. The van der Waals surface area contributed by atoms with Crippen LogP contribution in [-0.4, -0.2) is 5.78 Å². The van der Waals surface area contributed by atoms with Crippen molar-refractivity contribution in [1.29, 1.82) is 0 Å².